The highest BCUT2D eigenvalue weighted by Gasteiger charge is 2.46. The maximum atomic E-state index is 13.7. The summed E-state index contributed by atoms with van der Waals surface area (Å²) in [5, 5.41) is 7.65. The van der Waals surface area contributed by atoms with Crippen LogP contribution in [0.4, 0.5) is 0 Å². The molecule has 2 aliphatic rings. The van der Waals surface area contributed by atoms with Crippen LogP contribution in [-0.2, 0) is 0 Å². The summed E-state index contributed by atoms with van der Waals surface area (Å²) in [5.41, 5.74) is 4.24. The molecule has 0 radical (unpaired) electrons. The maximum absolute atomic E-state index is 13.7. The minimum absolute atomic E-state index is 0.0198. The van der Waals surface area contributed by atoms with Crippen LogP contribution in [0.2, 0.25) is 0 Å². The zero-order valence-electron chi connectivity index (χ0n) is 20.7. The number of nitrogens with one attached hydrogen (secondary N) is 1. The molecule has 2 aromatic carbocycles. The molecule has 7 nitrogen and oxygen atoms in total. The summed E-state index contributed by atoms with van der Waals surface area (Å²) in [5.74, 6) is 2.21. The van der Waals surface area contributed by atoms with Crippen molar-refractivity contribution >= 4 is 5.91 Å². The third-order valence-corrected chi connectivity index (χ3v) is 7.14. The molecule has 1 N–H and O–H groups in total. The quantitative estimate of drug-likeness (QED) is 0.398. The number of ether oxygens (including phenoxy) is 3. The molecule has 1 amide bonds. The number of unbranched alkanes of at least 4 members (excludes halogenated alkanes) is 1. The molecule has 0 bridgehead atoms. The van der Waals surface area contributed by atoms with Crippen LogP contribution in [0.15, 0.2) is 42.5 Å². The summed E-state index contributed by atoms with van der Waals surface area (Å²) in [6.45, 7) is 2.79. The Labute approximate surface area is 206 Å². The lowest BCUT2D eigenvalue weighted by Crippen LogP contribution is -2.37. The Bertz CT molecular complexity index is 1180. The van der Waals surface area contributed by atoms with Crippen LogP contribution in [0.25, 0.3) is 11.3 Å². The minimum atomic E-state index is -0.241. The number of fused-ring (bicyclic) bond motifs is 1. The first-order valence-corrected chi connectivity index (χ1v) is 12.5. The zero-order chi connectivity index (χ0) is 24.4. The Morgan fingerprint density at radius 3 is 2.49 bits per heavy atom. The Kier molecular flexibility index (Phi) is 6.66. The number of aromatic nitrogens is 2. The van der Waals surface area contributed by atoms with E-state index >= 15 is 0 Å². The summed E-state index contributed by atoms with van der Waals surface area (Å²) in [7, 11) is 3.31. The van der Waals surface area contributed by atoms with Crippen LogP contribution in [0.5, 0.6) is 17.2 Å². The van der Waals surface area contributed by atoms with Gasteiger partial charge >= 0.3 is 0 Å². The molecule has 1 atom stereocenters. The Morgan fingerprint density at radius 1 is 1.03 bits per heavy atom. The fraction of sp³-hybridized carbons (Fsp3) is 0.429. The molecule has 35 heavy (non-hydrogen) atoms. The molecule has 3 aromatic rings. The molecule has 0 saturated heterocycles. The van der Waals surface area contributed by atoms with Crippen LogP contribution in [-0.4, -0.2) is 47.9 Å². The third-order valence-electron chi connectivity index (χ3n) is 7.14. The number of carbonyl (C=O) groups is 1. The largest absolute Gasteiger partial charge is 0.497 e. The number of aromatic amines is 1. The Balaban J connectivity index is 1.59. The molecule has 1 aromatic heterocycles. The van der Waals surface area contributed by atoms with Crippen LogP contribution >= 0.6 is 0 Å². The fourth-order valence-corrected chi connectivity index (χ4v) is 5.32. The van der Waals surface area contributed by atoms with Gasteiger partial charge in [-0.25, -0.2) is 0 Å². The second-order valence-electron chi connectivity index (χ2n) is 9.25. The molecule has 2 heterocycles. The molecule has 1 fully saturated rings. The first-order valence-electron chi connectivity index (χ1n) is 12.5. The molecule has 1 unspecified atom stereocenters. The highest BCUT2D eigenvalue weighted by Crippen LogP contribution is 2.47. The van der Waals surface area contributed by atoms with Gasteiger partial charge < -0.3 is 19.1 Å². The van der Waals surface area contributed by atoms with Crippen LogP contribution in [0.3, 0.4) is 0 Å². The molecule has 1 saturated carbocycles. The van der Waals surface area contributed by atoms with Crippen molar-refractivity contribution in [1.82, 2.24) is 15.1 Å². The summed E-state index contributed by atoms with van der Waals surface area (Å²) in [6, 6.07) is 13.8. The van der Waals surface area contributed by atoms with E-state index in [9.17, 15) is 4.79 Å². The smallest absolute Gasteiger partial charge is 0.273 e. The number of hydrogen-bond acceptors (Lipinski definition) is 5. The molecule has 1 aliphatic heterocycles. The normalized spacial score (nSPS) is 17.6. The van der Waals surface area contributed by atoms with Crippen molar-refractivity contribution in [3.63, 3.8) is 0 Å². The first-order chi connectivity index (χ1) is 17.2. The van der Waals surface area contributed by atoms with Gasteiger partial charge in [-0.05, 0) is 61.2 Å². The van der Waals surface area contributed by atoms with Crippen molar-refractivity contribution in [2.75, 3.05) is 20.8 Å². The van der Waals surface area contributed by atoms with Crippen molar-refractivity contribution in [2.24, 2.45) is 0 Å². The van der Waals surface area contributed by atoms with Crippen LogP contribution in [0.1, 0.15) is 73.1 Å². The number of nitrogens with zero attached hydrogens (tertiary/aromatic N) is 2. The highest BCUT2D eigenvalue weighted by atomic mass is 16.5. The van der Waals surface area contributed by atoms with Gasteiger partial charge in [0.15, 0.2) is 11.5 Å². The van der Waals surface area contributed by atoms with Gasteiger partial charge in [0.1, 0.15) is 11.4 Å². The van der Waals surface area contributed by atoms with Gasteiger partial charge in [0.2, 0.25) is 0 Å². The number of carbonyl (C=O) groups excluding carboxylic acids is 1. The predicted molar refractivity (Wildman–Crippen MR) is 134 cm³/mol. The van der Waals surface area contributed by atoms with Gasteiger partial charge in [-0.15, -0.1) is 0 Å². The van der Waals surface area contributed by atoms with Gasteiger partial charge in [-0.2, -0.15) is 5.10 Å². The van der Waals surface area contributed by atoms with Gasteiger partial charge in [0, 0.05) is 17.2 Å². The second kappa shape index (κ2) is 10.0. The van der Waals surface area contributed by atoms with Crippen molar-refractivity contribution in [3.8, 4) is 28.5 Å². The van der Waals surface area contributed by atoms with E-state index in [4.69, 9.17) is 14.2 Å². The summed E-state index contributed by atoms with van der Waals surface area (Å²) >= 11 is 0. The molecular formula is C28H33N3O4. The molecule has 7 heteroatoms. The van der Waals surface area contributed by atoms with E-state index in [1.165, 1.54) is 0 Å². The predicted octanol–water partition coefficient (Wildman–Crippen LogP) is 5.76. The van der Waals surface area contributed by atoms with E-state index in [1.807, 2.05) is 36.4 Å². The molecular weight excluding hydrogens is 442 g/mol. The second-order valence-corrected chi connectivity index (χ2v) is 9.25. The standard InChI is InChI=1S/C28H33N3O4/c1-4-5-16-35-22-15-12-19(17-23(22)34-3)27-24-25(18-10-13-21(33-2)14-11-18)29-30-26(24)28(32)31(27)20-8-6-7-9-20/h10-15,17,20,27H,4-9,16H2,1-3H3,(H,29,30). The van der Waals surface area contributed by atoms with E-state index in [2.05, 4.69) is 28.1 Å². The highest BCUT2D eigenvalue weighted by molar-refractivity contribution is 6.00. The van der Waals surface area contributed by atoms with Gasteiger partial charge in [-0.3, -0.25) is 9.89 Å². The van der Waals surface area contributed by atoms with E-state index in [-0.39, 0.29) is 18.0 Å². The molecule has 184 valence electrons. The fourth-order valence-electron chi connectivity index (χ4n) is 5.32. The number of rotatable bonds is 9. The summed E-state index contributed by atoms with van der Waals surface area (Å²) in [6.07, 6.45) is 6.39. The van der Waals surface area contributed by atoms with E-state index in [0.29, 0.717) is 18.1 Å². The lowest BCUT2D eigenvalue weighted by Gasteiger charge is -2.32. The van der Waals surface area contributed by atoms with Crippen LogP contribution in [0, 0.1) is 0 Å². The lowest BCUT2D eigenvalue weighted by molar-refractivity contribution is 0.0660. The van der Waals surface area contributed by atoms with Crippen LogP contribution < -0.4 is 14.2 Å². The van der Waals surface area contributed by atoms with E-state index in [0.717, 1.165) is 72.4 Å². The molecule has 0 spiro atoms. The van der Waals surface area contributed by atoms with Gasteiger partial charge in [0.25, 0.3) is 5.91 Å². The van der Waals surface area contributed by atoms with Crippen molar-refractivity contribution in [1.29, 1.82) is 0 Å². The SMILES string of the molecule is CCCCOc1ccc(C2c3c(-c4ccc(OC)cc4)n[nH]c3C(=O)N2C2CCCC2)cc1OC. The lowest BCUT2D eigenvalue weighted by atomic mass is 9.95. The van der Waals surface area contributed by atoms with Gasteiger partial charge in [-0.1, -0.05) is 32.3 Å². The number of H-pyrrole nitrogens is 1. The summed E-state index contributed by atoms with van der Waals surface area (Å²) < 4.78 is 17.0. The third kappa shape index (κ3) is 4.24. The minimum Gasteiger partial charge on any atom is -0.497 e. The number of methoxy groups -OCH3 is 2. The van der Waals surface area contributed by atoms with Crippen molar-refractivity contribution < 1.29 is 19.0 Å². The average molecular weight is 476 g/mol. The molecule has 5 rings (SSSR count). The molecule has 1 aliphatic carbocycles. The maximum Gasteiger partial charge on any atom is 0.273 e. The Morgan fingerprint density at radius 2 is 1.80 bits per heavy atom. The van der Waals surface area contributed by atoms with Gasteiger partial charge in [0.05, 0.1) is 32.6 Å². The van der Waals surface area contributed by atoms with E-state index < -0.39 is 0 Å². The number of hydrogen-bond donors (Lipinski definition) is 1. The Hall–Kier alpha value is -3.48. The average Bonchev–Trinajstić information content (AvgIpc) is 3.62. The van der Waals surface area contributed by atoms with Crippen molar-refractivity contribution in [2.45, 2.75) is 57.5 Å². The number of benzene rings is 2. The first kappa shape index (κ1) is 23.3. The van der Waals surface area contributed by atoms with Crippen molar-refractivity contribution in [3.05, 3.63) is 59.3 Å². The zero-order valence-corrected chi connectivity index (χ0v) is 20.7. The monoisotopic (exact) mass is 475 g/mol. The topological polar surface area (TPSA) is 76.7 Å². The van der Waals surface area contributed by atoms with E-state index in [1.54, 1.807) is 14.2 Å². The summed E-state index contributed by atoms with van der Waals surface area (Å²) in [4.78, 5) is 15.8. The number of amides is 1.